The maximum atomic E-state index is 12.5. The second-order valence-electron chi connectivity index (χ2n) is 4.77. The summed E-state index contributed by atoms with van der Waals surface area (Å²) in [4.78, 5) is 0.338. The Morgan fingerprint density at radius 3 is 2.30 bits per heavy atom. The number of rotatable bonds is 7. The lowest BCUT2D eigenvalue weighted by Gasteiger charge is -2.17. The van der Waals surface area contributed by atoms with Crippen LogP contribution in [0.25, 0.3) is 0 Å². The molecule has 1 rings (SSSR count). The highest BCUT2D eigenvalue weighted by molar-refractivity contribution is 7.99. The Balaban J connectivity index is 3.04. The van der Waals surface area contributed by atoms with Crippen LogP contribution in [0.2, 0.25) is 0 Å². The Labute approximate surface area is 125 Å². The van der Waals surface area contributed by atoms with E-state index in [9.17, 15) is 8.42 Å². The molecular formula is C13H23N3O2S2. The number of nitrogens with two attached hydrogens (primary N) is 1. The molecule has 1 atom stereocenters. The summed E-state index contributed by atoms with van der Waals surface area (Å²) >= 11 is 1.71. The molecular weight excluding hydrogens is 294 g/mol. The smallest absolute Gasteiger partial charge is 0.241 e. The number of benzene rings is 1. The fourth-order valence-corrected chi connectivity index (χ4v) is 4.58. The van der Waals surface area contributed by atoms with Crippen molar-refractivity contribution in [1.82, 2.24) is 4.72 Å². The summed E-state index contributed by atoms with van der Waals surface area (Å²) in [5, 5.41) is 0. The lowest BCUT2D eigenvalue weighted by molar-refractivity contribution is 0.570. The molecule has 4 N–H and O–H groups in total. The van der Waals surface area contributed by atoms with E-state index in [0.717, 1.165) is 11.5 Å². The van der Waals surface area contributed by atoms with Crippen molar-refractivity contribution < 1.29 is 8.42 Å². The van der Waals surface area contributed by atoms with Gasteiger partial charge in [0.1, 0.15) is 0 Å². The first-order valence-electron chi connectivity index (χ1n) is 6.49. The predicted octanol–water partition coefficient (Wildman–Crippen LogP) is 2.01. The van der Waals surface area contributed by atoms with E-state index in [1.807, 2.05) is 6.92 Å². The van der Waals surface area contributed by atoms with E-state index in [4.69, 9.17) is 5.84 Å². The lowest BCUT2D eigenvalue weighted by atomic mass is 10.1. The fraction of sp³-hybridized carbons (Fsp3) is 0.538. The number of hydrogen-bond acceptors (Lipinski definition) is 5. The summed E-state index contributed by atoms with van der Waals surface area (Å²) in [5.41, 5.74) is 4.60. The quantitative estimate of drug-likeness (QED) is 0.529. The Hall–Kier alpha value is -0.760. The number of nitrogen functional groups attached to an aromatic ring is 1. The van der Waals surface area contributed by atoms with Crippen molar-refractivity contribution in [3.8, 4) is 0 Å². The fourth-order valence-electron chi connectivity index (χ4n) is 2.11. The van der Waals surface area contributed by atoms with Crippen molar-refractivity contribution in [3.63, 3.8) is 0 Å². The highest BCUT2D eigenvalue weighted by atomic mass is 32.2. The van der Waals surface area contributed by atoms with Crippen LogP contribution in [0.3, 0.4) is 0 Å². The van der Waals surface area contributed by atoms with Crippen LogP contribution in [0, 0.1) is 13.8 Å². The molecule has 0 spiro atoms. The Bertz CT molecular complexity index is 536. The van der Waals surface area contributed by atoms with Crippen molar-refractivity contribution in [2.24, 2.45) is 5.84 Å². The number of hydrogen-bond donors (Lipinski definition) is 3. The normalized spacial score (nSPS) is 13.2. The molecule has 0 aromatic heterocycles. The molecule has 7 heteroatoms. The third kappa shape index (κ3) is 4.37. The van der Waals surface area contributed by atoms with Crippen LogP contribution in [-0.4, -0.2) is 26.0 Å². The van der Waals surface area contributed by atoms with Gasteiger partial charge in [0.05, 0.1) is 4.90 Å². The molecule has 1 aromatic rings. The molecule has 1 unspecified atom stereocenters. The molecule has 0 fully saturated rings. The van der Waals surface area contributed by atoms with Crippen LogP contribution in [0.15, 0.2) is 17.0 Å². The zero-order chi connectivity index (χ0) is 15.3. The van der Waals surface area contributed by atoms with Crippen LogP contribution in [-0.2, 0) is 10.0 Å². The van der Waals surface area contributed by atoms with E-state index in [0.29, 0.717) is 21.7 Å². The molecule has 0 heterocycles. The van der Waals surface area contributed by atoms with Gasteiger partial charge in [-0.15, -0.1) is 0 Å². The Morgan fingerprint density at radius 2 is 1.85 bits per heavy atom. The van der Waals surface area contributed by atoms with E-state index < -0.39 is 10.0 Å². The van der Waals surface area contributed by atoms with Crippen molar-refractivity contribution in [2.75, 3.05) is 16.9 Å². The molecule has 20 heavy (non-hydrogen) atoms. The first kappa shape index (κ1) is 17.3. The van der Waals surface area contributed by atoms with E-state index in [2.05, 4.69) is 17.1 Å². The van der Waals surface area contributed by atoms with Gasteiger partial charge >= 0.3 is 0 Å². The molecule has 114 valence electrons. The summed E-state index contributed by atoms with van der Waals surface area (Å²) in [6, 6.07) is 3.36. The molecule has 0 radical (unpaired) electrons. The van der Waals surface area contributed by atoms with Gasteiger partial charge in [0.25, 0.3) is 0 Å². The summed E-state index contributed by atoms with van der Waals surface area (Å²) in [5.74, 6) is 7.10. The first-order valence-corrected chi connectivity index (χ1v) is 9.13. The maximum Gasteiger partial charge on any atom is 0.241 e. The monoisotopic (exact) mass is 317 g/mol. The summed E-state index contributed by atoms with van der Waals surface area (Å²) in [6.45, 7) is 7.47. The van der Waals surface area contributed by atoms with Gasteiger partial charge in [-0.2, -0.15) is 11.8 Å². The standard InChI is InChI=1S/C13H23N3O2S2/c1-5-19-8-11(4)16-20(17,18)13-9(2)6-12(15-14)7-10(13)3/h6-7,11,15-16H,5,8,14H2,1-4H3. The first-order chi connectivity index (χ1) is 9.31. The van der Waals surface area contributed by atoms with Gasteiger partial charge in [-0.3, -0.25) is 5.84 Å². The minimum absolute atomic E-state index is 0.101. The van der Waals surface area contributed by atoms with Crippen LogP contribution in [0.1, 0.15) is 25.0 Å². The number of anilines is 1. The number of sulfonamides is 1. The third-order valence-electron chi connectivity index (χ3n) is 2.82. The third-order valence-corrected chi connectivity index (χ3v) is 5.86. The molecule has 0 bridgehead atoms. The topological polar surface area (TPSA) is 84.2 Å². The van der Waals surface area contributed by atoms with Gasteiger partial charge in [0, 0.05) is 17.5 Å². The van der Waals surface area contributed by atoms with Gasteiger partial charge in [0.15, 0.2) is 0 Å². The number of aryl methyl sites for hydroxylation is 2. The molecule has 0 aliphatic heterocycles. The highest BCUT2D eigenvalue weighted by Crippen LogP contribution is 2.24. The van der Waals surface area contributed by atoms with Crippen molar-refractivity contribution in [3.05, 3.63) is 23.3 Å². The lowest BCUT2D eigenvalue weighted by Crippen LogP contribution is -2.35. The summed E-state index contributed by atoms with van der Waals surface area (Å²) in [6.07, 6.45) is 0. The average molecular weight is 317 g/mol. The van der Waals surface area contributed by atoms with E-state index in [-0.39, 0.29) is 6.04 Å². The van der Waals surface area contributed by atoms with Crippen molar-refractivity contribution >= 4 is 27.5 Å². The molecule has 1 aromatic carbocycles. The second kappa shape index (κ2) is 7.31. The van der Waals surface area contributed by atoms with Crippen LogP contribution in [0.5, 0.6) is 0 Å². The van der Waals surface area contributed by atoms with Gasteiger partial charge < -0.3 is 5.43 Å². The van der Waals surface area contributed by atoms with Gasteiger partial charge in [-0.05, 0) is 49.8 Å². The number of nitrogens with one attached hydrogen (secondary N) is 2. The predicted molar refractivity (Wildman–Crippen MR) is 86.5 cm³/mol. The molecule has 0 saturated carbocycles. The van der Waals surface area contributed by atoms with Crippen LogP contribution >= 0.6 is 11.8 Å². The Kier molecular flexibility index (Phi) is 6.32. The zero-order valence-electron chi connectivity index (χ0n) is 12.4. The molecule has 0 amide bonds. The van der Waals surface area contributed by atoms with Crippen molar-refractivity contribution in [2.45, 2.75) is 38.6 Å². The molecule has 0 aliphatic carbocycles. The van der Waals surface area contributed by atoms with Gasteiger partial charge in [-0.1, -0.05) is 6.92 Å². The maximum absolute atomic E-state index is 12.5. The van der Waals surface area contributed by atoms with Gasteiger partial charge in [-0.25, -0.2) is 13.1 Å². The minimum atomic E-state index is -3.51. The number of thioether (sulfide) groups is 1. The highest BCUT2D eigenvalue weighted by Gasteiger charge is 2.22. The largest absolute Gasteiger partial charge is 0.324 e. The van der Waals surface area contributed by atoms with Crippen molar-refractivity contribution in [1.29, 1.82) is 0 Å². The van der Waals surface area contributed by atoms with E-state index >= 15 is 0 Å². The van der Waals surface area contributed by atoms with E-state index in [1.54, 1.807) is 37.7 Å². The minimum Gasteiger partial charge on any atom is -0.324 e. The SMILES string of the molecule is CCSCC(C)NS(=O)(=O)c1c(C)cc(NN)cc1C. The molecule has 5 nitrogen and oxygen atoms in total. The summed E-state index contributed by atoms with van der Waals surface area (Å²) < 4.78 is 27.7. The summed E-state index contributed by atoms with van der Waals surface area (Å²) in [7, 11) is -3.51. The zero-order valence-corrected chi connectivity index (χ0v) is 14.0. The van der Waals surface area contributed by atoms with E-state index in [1.165, 1.54) is 0 Å². The Morgan fingerprint density at radius 1 is 1.30 bits per heavy atom. The number of hydrazine groups is 1. The molecule has 0 saturated heterocycles. The molecule has 0 aliphatic rings. The average Bonchev–Trinajstić information content (AvgIpc) is 2.34. The second-order valence-corrected chi connectivity index (χ2v) is 7.74. The van der Waals surface area contributed by atoms with Crippen LogP contribution in [0.4, 0.5) is 5.69 Å². The van der Waals surface area contributed by atoms with Gasteiger partial charge in [0.2, 0.25) is 10.0 Å². The van der Waals surface area contributed by atoms with Crippen LogP contribution < -0.4 is 16.0 Å².